The molecule has 0 fully saturated rings. The first-order chi connectivity index (χ1) is 10.6. The van der Waals surface area contributed by atoms with Crippen LogP contribution in [0.3, 0.4) is 0 Å². The largest absolute Gasteiger partial charge is 0.231 e. The summed E-state index contributed by atoms with van der Waals surface area (Å²) in [6.07, 6.45) is 2.25. The van der Waals surface area contributed by atoms with Crippen molar-refractivity contribution in [1.82, 2.24) is 0 Å². The summed E-state index contributed by atoms with van der Waals surface area (Å²) < 4.78 is 0. The van der Waals surface area contributed by atoms with E-state index in [1.165, 1.54) is 27.8 Å². The zero-order valence-electron chi connectivity index (χ0n) is 11.8. The van der Waals surface area contributed by atoms with Gasteiger partial charge in [0.15, 0.2) is 0 Å². The average Bonchev–Trinajstić information content (AvgIpc) is 2.47. The summed E-state index contributed by atoms with van der Waals surface area (Å²) >= 11 is 0. The summed E-state index contributed by atoms with van der Waals surface area (Å²) in [7, 11) is 0. The SMILES string of the molecule is Cc1cccc2c1-c1ccccc1-2.N=C=O.N=C=O.N=C=O. The second-order valence-corrected chi connectivity index (χ2v) is 3.85. The van der Waals surface area contributed by atoms with Crippen molar-refractivity contribution < 1.29 is 14.4 Å². The van der Waals surface area contributed by atoms with Crippen LogP contribution in [0.5, 0.6) is 0 Å². The van der Waals surface area contributed by atoms with Crippen molar-refractivity contribution in [3.63, 3.8) is 0 Å². The van der Waals surface area contributed by atoms with Gasteiger partial charge in [0, 0.05) is 0 Å². The van der Waals surface area contributed by atoms with Gasteiger partial charge in [0.05, 0.1) is 0 Å². The molecule has 2 aromatic carbocycles. The maximum atomic E-state index is 8.35. The molecule has 110 valence electrons. The number of isocyanates is 3. The van der Waals surface area contributed by atoms with Gasteiger partial charge in [0.1, 0.15) is 0 Å². The van der Waals surface area contributed by atoms with E-state index in [0.29, 0.717) is 0 Å². The van der Waals surface area contributed by atoms with Crippen LogP contribution in [0.1, 0.15) is 5.56 Å². The Bertz CT molecular complexity index is 708. The summed E-state index contributed by atoms with van der Waals surface area (Å²) in [4.78, 5) is 25.0. The molecule has 3 N–H and O–H groups in total. The smallest absolute Gasteiger partial charge is 0.222 e. The molecular formula is C16H13N3O3. The molecule has 0 aromatic heterocycles. The molecule has 1 aliphatic carbocycles. The van der Waals surface area contributed by atoms with Crippen molar-refractivity contribution in [1.29, 1.82) is 16.2 Å². The molecule has 0 aliphatic heterocycles. The van der Waals surface area contributed by atoms with Crippen LogP contribution in [0.15, 0.2) is 42.5 Å². The van der Waals surface area contributed by atoms with Crippen molar-refractivity contribution in [3.8, 4) is 22.3 Å². The Morgan fingerprint density at radius 2 is 1.09 bits per heavy atom. The molecule has 2 aromatic rings. The average molecular weight is 295 g/mol. The number of nitrogens with one attached hydrogen (secondary N) is 3. The van der Waals surface area contributed by atoms with Gasteiger partial charge in [-0.15, -0.1) is 0 Å². The van der Waals surface area contributed by atoms with Gasteiger partial charge in [-0.3, -0.25) is 0 Å². The molecule has 0 atom stereocenters. The van der Waals surface area contributed by atoms with E-state index in [1.807, 2.05) is 0 Å². The molecule has 0 spiro atoms. The standard InChI is InChI=1S/C13H10.3CHNO/c1-9-5-4-8-12-10-6-2-3-7-11(10)13(9)12;3*2-1-3/h2-8H,1H3;3*2H. The van der Waals surface area contributed by atoms with Gasteiger partial charge in [-0.2, -0.15) is 0 Å². The van der Waals surface area contributed by atoms with Crippen molar-refractivity contribution in [2.45, 2.75) is 6.92 Å². The number of hydrogen-bond acceptors (Lipinski definition) is 6. The molecule has 0 bridgehead atoms. The Morgan fingerprint density at radius 1 is 0.682 bits per heavy atom. The highest BCUT2D eigenvalue weighted by molar-refractivity contribution is 6.03. The van der Waals surface area contributed by atoms with Gasteiger partial charge >= 0.3 is 0 Å². The molecule has 3 rings (SSSR count). The Balaban J connectivity index is 0.000000416. The van der Waals surface area contributed by atoms with Gasteiger partial charge in [-0.25, -0.2) is 30.6 Å². The van der Waals surface area contributed by atoms with Crippen molar-refractivity contribution in [2.24, 2.45) is 0 Å². The Kier molecular flexibility index (Phi) is 8.76. The van der Waals surface area contributed by atoms with Crippen molar-refractivity contribution in [2.75, 3.05) is 0 Å². The maximum absolute atomic E-state index is 8.35. The molecule has 0 saturated carbocycles. The number of benzene rings is 2. The van der Waals surface area contributed by atoms with E-state index in [2.05, 4.69) is 49.4 Å². The zero-order valence-corrected chi connectivity index (χ0v) is 11.8. The molecular weight excluding hydrogens is 282 g/mol. The molecule has 0 unspecified atom stereocenters. The number of fused-ring (bicyclic) bond motifs is 4. The monoisotopic (exact) mass is 295 g/mol. The number of hydrogen-bond donors (Lipinski definition) is 3. The second kappa shape index (κ2) is 10.4. The van der Waals surface area contributed by atoms with Gasteiger partial charge < -0.3 is 0 Å². The lowest BCUT2D eigenvalue weighted by molar-refractivity contribution is 0.562. The fraction of sp³-hybridized carbons (Fsp3) is 0.0625. The minimum atomic E-state index is 0.750. The fourth-order valence-corrected chi connectivity index (χ4v) is 2.12. The molecule has 6 nitrogen and oxygen atoms in total. The lowest BCUT2D eigenvalue weighted by Gasteiger charge is -2.25. The quantitative estimate of drug-likeness (QED) is 0.435. The third kappa shape index (κ3) is 4.60. The number of carbonyl (C=O) groups excluding carboxylic acids is 3. The van der Waals surface area contributed by atoms with Crippen LogP contribution in [0.4, 0.5) is 0 Å². The van der Waals surface area contributed by atoms with E-state index in [9.17, 15) is 0 Å². The van der Waals surface area contributed by atoms with E-state index in [1.54, 1.807) is 0 Å². The topological polar surface area (TPSA) is 123 Å². The van der Waals surface area contributed by atoms with Crippen LogP contribution >= 0.6 is 0 Å². The highest BCUT2D eigenvalue weighted by Crippen LogP contribution is 2.48. The third-order valence-corrected chi connectivity index (χ3v) is 2.76. The molecule has 1 aliphatic rings. The Hall–Kier alpha value is -3.42. The molecule has 0 amide bonds. The summed E-state index contributed by atoms with van der Waals surface area (Å²) in [6.45, 7) is 2.18. The van der Waals surface area contributed by atoms with Crippen LogP contribution in [0.25, 0.3) is 22.3 Å². The maximum Gasteiger partial charge on any atom is 0.231 e. The first-order valence-corrected chi connectivity index (χ1v) is 5.93. The van der Waals surface area contributed by atoms with E-state index in [0.717, 1.165) is 18.2 Å². The number of aryl methyl sites for hydroxylation is 1. The lowest BCUT2D eigenvalue weighted by atomic mass is 9.78. The summed E-state index contributed by atoms with van der Waals surface area (Å²) in [6, 6.07) is 15.1. The molecule has 0 heterocycles. The van der Waals surface area contributed by atoms with Crippen molar-refractivity contribution >= 4 is 18.2 Å². The van der Waals surface area contributed by atoms with Crippen LogP contribution in [0.2, 0.25) is 0 Å². The molecule has 22 heavy (non-hydrogen) atoms. The van der Waals surface area contributed by atoms with Crippen LogP contribution in [-0.2, 0) is 14.4 Å². The first-order valence-electron chi connectivity index (χ1n) is 5.93. The number of rotatable bonds is 0. The van der Waals surface area contributed by atoms with Crippen LogP contribution in [-0.4, -0.2) is 18.2 Å². The van der Waals surface area contributed by atoms with E-state index in [-0.39, 0.29) is 0 Å². The van der Waals surface area contributed by atoms with Gasteiger partial charge in [0.25, 0.3) is 0 Å². The summed E-state index contributed by atoms with van der Waals surface area (Å²) in [5.74, 6) is 0. The Morgan fingerprint density at radius 3 is 1.59 bits per heavy atom. The molecule has 0 radical (unpaired) electrons. The molecule has 0 saturated heterocycles. The highest BCUT2D eigenvalue weighted by atomic mass is 16.1. The van der Waals surface area contributed by atoms with Crippen LogP contribution < -0.4 is 0 Å². The second-order valence-electron chi connectivity index (χ2n) is 3.85. The summed E-state index contributed by atoms with van der Waals surface area (Å²) in [5.41, 5.74) is 7.06. The molecule has 6 heteroatoms. The van der Waals surface area contributed by atoms with Gasteiger partial charge in [0.2, 0.25) is 18.2 Å². The van der Waals surface area contributed by atoms with Gasteiger partial charge in [-0.1, -0.05) is 42.5 Å². The van der Waals surface area contributed by atoms with E-state index < -0.39 is 0 Å². The third-order valence-electron chi connectivity index (χ3n) is 2.76. The minimum absolute atomic E-state index is 0.750. The van der Waals surface area contributed by atoms with Gasteiger partial charge in [-0.05, 0) is 34.7 Å². The zero-order chi connectivity index (χ0) is 17.0. The normalized spacial score (nSPS) is 7.86. The lowest BCUT2D eigenvalue weighted by Crippen LogP contribution is -1.99. The van der Waals surface area contributed by atoms with Crippen molar-refractivity contribution in [3.05, 3.63) is 48.0 Å². The predicted octanol–water partition coefficient (Wildman–Crippen LogP) is 3.35. The summed E-state index contributed by atoms with van der Waals surface area (Å²) in [5, 5.41) is 16.2. The van der Waals surface area contributed by atoms with E-state index >= 15 is 0 Å². The minimum Gasteiger partial charge on any atom is -0.222 e. The predicted molar refractivity (Wildman–Crippen MR) is 80.8 cm³/mol. The highest BCUT2D eigenvalue weighted by Gasteiger charge is 2.22. The van der Waals surface area contributed by atoms with Crippen LogP contribution in [0, 0.1) is 23.2 Å². The van der Waals surface area contributed by atoms with E-state index in [4.69, 9.17) is 30.6 Å². The Labute approximate surface area is 127 Å². The first kappa shape index (κ1) is 18.6. The fourth-order valence-electron chi connectivity index (χ4n) is 2.12.